The van der Waals surface area contributed by atoms with Crippen molar-refractivity contribution in [2.75, 3.05) is 25.0 Å². The molecule has 2 aliphatic rings. The fraction of sp³-hybridized carbons (Fsp3) is 0.571. The fourth-order valence-corrected chi connectivity index (χ4v) is 4.11. The van der Waals surface area contributed by atoms with Crippen LogP contribution in [0, 0.1) is 5.92 Å². The third-order valence-corrected chi connectivity index (χ3v) is 5.74. The van der Waals surface area contributed by atoms with Crippen molar-refractivity contribution in [3.63, 3.8) is 0 Å². The molecule has 1 atom stereocenters. The molecule has 1 saturated carbocycles. The molecular weight excluding hydrogens is 342 g/mol. The Hall–Kier alpha value is -2.37. The molecule has 3 amide bonds. The Morgan fingerprint density at radius 1 is 1.11 bits per heavy atom. The van der Waals surface area contributed by atoms with Gasteiger partial charge in [0.25, 0.3) is 5.91 Å². The zero-order valence-corrected chi connectivity index (χ0v) is 16.2. The molecule has 1 aromatic carbocycles. The maximum absolute atomic E-state index is 12.6. The van der Waals surface area contributed by atoms with Crippen LogP contribution in [-0.2, 0) is 9.59 Å². The molecule has 146 valence electrons. The van der Waals surface area contributed by atoms with E-state index in [1.807, 2.05) is 18.7 Å². The number of anilines is 1. The lowest BCUT2D eigenvalue weighted by Gasteiger charge is -2.23. The number of hydrogen-bond donors (Lipinski definition) is 1. The average Bonchev–Trinajstić information content (AvgIpc) is 3.32. The molecule has 0 bridgehead atoms. The van der Waals surface area contributed by atoms with E-state index >= 15 is 0 Å². The van der Waals surface area contributed by atoms with Gasteiger partial charge in [-0.2, -0.15) is 0 Å². The molecule has 1 heterocycles. The van der Waals surface area contributed by atoms with Crippen LogP contribution in [0.25, 0.3) is 0 Å². The minimum atomic E-state index is -0.296. The largest absolute Gasteiger partial charge is 0.339 e. The summed E-state index contributed by atoms with van der Waals surface area (Å²) in [7, 11) is 0. The van der Waals surface area contributed by atoms with E-state index in [0.29, 0.717) is 43.3 Å². The molecule has 27 heavy (non-hydrogen) atoms. The van der Waals surface area contributed by atoms with Crippen molar-refractivity contribution in [2.24, 2.45) is 5.92 Å². The number of benzene rings is 1. The normalized spacial score (nSPS) is 20.1. The van der Waals surface area contributed by atoms with Crippen LogP contribution in [0.4, 0.5) is 5.69 Å². The van der Waals surface area contributed by atoms with E-state index in [1.165, 1.54) is 12.8 Å². The van der Waals surface area contributed by atoms with Crippen molar-refractivity contribution < 1.29 is 14.4 Å². The molecule has 0 aromatic heterocycles. The van der Waals surface area contributed by atoms with Crippen LogP contribution in [0.1, 0.15) is 56.3 Å². The van der Waals surface area contributed by atoms with Crippen molar-refractivity contribution in [3.05, 3.63) is 29.8 Å². The first-order chi connectivity index (χ1) is 13.0. The van der Waals surface area contributed by atoms with Crippen molar-refractivity contribution in [2.45, 2.75) is 52.0 Å². The molecule has 1 N–H and O–H groups in total. The Kier molecular flexibility index (Phi) is 6.14. The maximum atomic E-state index is 12.6. The second-order valence-corrected chi connectivity index (χ2v) is 7.43. The highest BCUT2D eigenvalue weighted by Crippen LogP contribution is 2.30. The number of likely N-dealkylation sites (tertiary alicyclic amines) is 1. The highest BCUT2D eigenvalue weighted by molar-refractivity contribution is 5.98. The molecule has 6 nitrogen and oxygen atoms in total. The molecule has 6 heteroatoms. The van der Waals surface area contributed by atoms with Crippen LogP contribution in [-0.4, -0.2) is 53.2 Å². The summed E-state index contributed by atoms with van der Waals surface area (Å²) in [5.41, 5.74) is 1.27. The number of amides is 3. The number of hydrogen-bond acceptors (Lipinski definition) is 3. The predicted octanol–water partition coefficient (Wildman–Crippen LogP) is 2.90. The molecule has 0 spiro atoms. The van der Waals surface area contributed by atoms with Crippen LogP contribution in [0.5, 0.6) is 0 Å². The summed E-state index contributed by atoms with van der Waals surface area (Å²) in [6.45, 7) is 5.76. The fourth-order valence-electron chi connectivity index (χ4n) is 4.11. The van der Waals surface area contributed by atoms with Gasteiger partial charge in [-0.1, -0.05) is 12.8 Å². The third kappa shape index (κ3) is 4.31. The van der Waals surface area contributed by atoms with E-state index in [9.17, 15) is 14.4 Å². The second kappa shape index (κ2) is 8.55. The summed E-state index contributed by atoms with van der Waals surface area (Å²) in [4.78, 5) is 40.9. The van der Waals surface area contributed by atoms with E-state index in [0.717, 1.165) is 12.8 Å². The standard InChI is InChI=1S/C21H29N3O3/c1-3-23(4-2)21(27)15-9-11-17(12-10-15)22-20(26)16-13-19(25)24(14-16)18-7-5-6-8-18/h9-12,16,18H,3-8,13-14H2,1-2H3,(H,22,26). The average molecular weight is 371 g/mol. The molecule has 1 aliphatic carbocycles. The first-order valence-corrected chi connectivity index (χ1v) is 10.0. The molecule has 1 saturated heterocycles. The highest BCUT2D eigenvalue weighted by atomic mass is 16.2. The number of carbonyl (C=O) groups excluding carboxylic acids is 3. The summed E-state index contributed by atoms with van der Waals surface area (Å²) in [6, 6.07) is 7.29. The second-order valence-electron chi connectivity index (χ2n) is 7.43. The number of nitrogens with zero attached hydrogens (tertiary/aromatic N) is 2. The maximum Gasteiger partial charge on any atom is 0.253 e. The lowest BCUT2D eigenvalue weighted by Crippen LogP contribution is -2.35. The number of rotatable bonds is 6. The van der Waals surface area contributed by atoms with E-state index in [2.05, 4.69) is 5.32 Å². The lowest BCUT2D eigenvalue weighted by atomic mass is 10.1. The van der Waals surface area contributed by atoms with E-state index < -0.39 is 0 Å². The van der Waals surface area contributed by atoms with Crippen LogP contribution < -0.4 is 5.32 Å². The monoisotopic (exact) mass is 371 g/mol. The Morgan fingerprint density at radius 3 is 2.33 bits per heavy atom. The van der Waals surface area contributed by atoms with Gasteiger partial charge in [-0.15, -0.1) is 0 Å². The Bertz CT molecular complexity index is 691. The van der Waals surface area contributed by atoms with E-state index in [-0.39, 0.29) is 23.6 Å². The smallest absolute Gasteiger partial charge is 0.253 e. The summed E-state index contributed by atoms with van der Waals surface area (Å²) in [5, 5.41) is 2.90. The van der Waals surface area contributed by atoms with E-state index in [1.54, 1.807) is 29.2 Å². The summed E-state index contributed by atoms with van der Waals surface area (Å²) in [5.74, 6) is -0.324. The van der Waals surface area contributed by atoms with Gasteiger partial charge >= 0.3 is 0 Å². The predicted molar refractivity (Wildman–Crippen MR) is 104 cm³/mol. The van der Waals surface area contributed by atoms with Gasteiger partial charge in [0.15, 0.2) is 0 Å². The minimum Gasteiger partial charge on any atom is -0.339 e. The molecule has 0 radical (unpaired) electrons. The molecule has 1 aliphatic heterocycles. The van der Waals surface area contributed by atoms with Crippen molar-refractivity contribution >= 4 is 23.4 Å². The Labute approximate surface area is 160 Å². The number of carbonyl (C=O) groups is 3. The molecular formula is C21H29N3O3. The van der Waals surface area contributed by atoms with Gasteiger partial charge in [0.05, 0.1) is 5.92 Å². The molecule has 1 unspecified atom stereocenters. The van der Waals surface area contributed by atoms with E-state index in [4.69, 9.17) is 0 Å². The van der Waals surface area contributed by atoms with Crippen molar-refractivity contribution in [1.82, 2.24) is 9.80 Å². The van der Waals surface area contributed by atoms with Crippen LogP contribution >= 0.6 is 0 Å². The van der Waals surface area contributed by atoms with Gasteiger partial charge in [0.2, 0.25) is 11.8 Å². The summed E-state index contributed by atoms with van der Waals surface area (Å²) in [6.07, 6.45) is 4.75. The molecule has 1 aromatic rings. The van der Waals surface area contributed by atoms with Gasteiger partial charge < -0.3 is 15.1 Å². The molecule has 2 fully saturated rings. The van der Waals surface area contributed by atoms with Crippen molar-refractivity contribution in [1.29, 1.82) is 0 Å². The first-order valence-electron chi connectivity index (χ1n) is 10.0. The highest BCUT2D eigenvalue weighted by Gasteiger charge is 2.38. The van der Waals surface area contributed by atoms with Gasteiger partial charge in [0.1, 0.15) is 0 Å². The van der Waals surface area contributed by atoms with Gasteiger partial charge in [0, 0.05) is 43.3 Å². The minimum absolute atomic E-state index is 0.00790. The Balaban J connectivity index is 1.58. The SMILES string of the molecule is CCN(CC)C(=O)c1ccc(NC(=O)C2CC(=O)N(C3CCCC3)C2)cc1. The quantitative estimate of drug-likeness (QED) is 0.836. The van der Waals surface area contributed by atoms with Crippen molar-refractivity contribution in [3.8, 4) is 0 Å². The number of nitrogens with one attached hydrogen (secondary N) is 1. The van der Waals surface area contributed by atoms with Gasteiger partial charge in [-0.25, -0.2) is 0 Å². The third-order valence-electron chi connectivity index (χ3n) is 5.74. The van der Waals surface area contributed by atoms with Crippen LogP contribution in [0.2, 0.25) is 0 Å². The Morgan fingerprint density at radius 2 is 1.74 bits per heavy atom. The first kappa shape index (κ1) is 19.4. The topological polar surface area (TPSA) is 69.7 Å². The summed E-state index contributed by atoms with van der Waals surface area (Å²) < 4.78 is 0. The van der Waals surface area contributed by atoms with Gasteiger partial charge in [-0.05, 0) is 51.0 Å². The van der Waals surface area contributed by atoms with Gasteiger partial charge in [-0.3, -0.25) is 14.4 Å². The van der Waals surface area contributed by atoms with Crippen LogP contribution in [0.3, 0.4) is 0 Å². The zero-order chi connectivity index (χ0) is 19.4. The zero-order valence-electron chi connectivity index (χ0n) is 16.2. The van der Waals surface area contributed by atoms with Crippen LogP contribution in [0.15, 0.2) is 24.3 Å². The summed E-state index contributed by atoms with van der Waals surface area (Å²) >= 11 is 0. The molecule has 3 rings (SSSR count). The lowest BCUT2D eigenvalue weighted by molar-refractivity contribution is -0.129.